The molecule has 0 unspecified atom stereocenters. The SMILES string of the molecule is Cc1c2c([nH]c3ccccc32)c2c([n+]1N)CC(C)(C)C=C2NN. The van der Waals surface area contributed by atoms with Crippen LogP contribution in [0.5, 0.6) is 0 Å². The van der Waals surface area contributed by atoms with Gasteiger partial charge in [0.05, 0.1) is 22.2 Å². The maximum Gasteiger partial charge on any atom is 0.224 e. The van der Waals surface area contributed by atoms with E-state index in [0.717, 1.165) is 45.5 Å². The van der Waals surface area contributed by atoms with Gasteiger partial charge in [0.1, 0.15) is 0 Å². The van der Waals surface area contributed by atoms with Crippen LogP contribution in [0.3, 0.4) is 0 Å². The van der Waals surface area contributed by atoms with Gasteiger partial charge in [0.25, 0.3) is 0 Å². The number of nitrogens with two attached hydrogens (primary N) is 2. The highest BCUT2D eigenvalue weighted by Gasteiger charge is 2.36. The van der Waals surface area contributed by atoms with E-state index in [2.05, 4.69) is 55.5 Å². The number of aromatic amines is 1. The molecule has 1 aliphatic rings. The van der Waals surface area contributed by atoms with Crippen LogP contribution in [0.15, 0.2) is 30.3 Å². The average molecular weight is 308 g/mol. The number of hydrogen-bond acceptors (Lipinski definition) is 3. The van der Waals surface area contributed by atoms with Gasteiger partial charge in [-0.2, -0.15) is 0 Å². The van der Waals surface area contributed by atoms with Crippen molar-refractivity contribution in [3.05, 3.63) is 47.3 Å². The maximum atomic E-state index is 6.46. The topological polar surface area (TPSA) is 83.7 Å². The van der Waals surface area contributed by atoms with Crippen molar-refractivity contribution in [2.24, 2.45) is 11.3 Å². The molecule has 1 aromatic carbocycles. The predicted octanol–water partition coefficient (Wildman–Crippen LogP) is 2.02. The minimum Gasteiger partial charge on any atom is -0.354 e. The molecular weight excluding hydrogens is 286 g/mol. The van der Waals surface area contributed by atoms with Crippen LogP contribution in [-0.4, -0.2) is 4.98 Å². The first-order valence-corrected chi connectivity index (χ1v) is 7.86. The van der Waals surface area contributed by atoms with Gasteiger partial charge >= 0.3 is 0 Å². The third kappa shape index (κ3) is 1.86. The fourth-order valence-electron chi connectivity index (χ4n) is 3.82. The zero-order valence-electron chi connectivity index (χ0n) is 13.7. The largest absolute Gasteiger partial charge is 0.354 e. The second-order valence-electron chi connectivity index (χ2n) is 7.07. The standard InChI is InChI=1S/C18H21N5/c1-10-15-11-6-4-5-7-12(11)21-17(15)16-13(22-19)8-18(2,3)9-14(16)23(10)20/h4-8,22H,9,19-20H2,1-3H3/p+1. The van der Waals surface area contributed by atoms with Crippen molar-refractivity contribution < 1.29 is 4.68 Å². The number of para-hydroxylation sites is 1. The van der Waals surface area contributed by atoms with Gasteiger partial charge in [0, 0.05) is 24.2 Å². The second kappa shape index (κ2) is 4.49. The van der Waals surface area contributed by atoms with Gasteiger partial charge in [-0.1, -0.05) is 42.8 Å². The molecule has 0 aliphatic heterocycles. The molecule has 0 spiro atoms. The smallest absolute Gasteiger partial charge is 0.224 e. The van der Waals surface area contributed by atoms with Crippen molar-refractivity contribution >= 4 is 27.5 Å². The molecule has 0 fully saturated rings. The van der Waals surface area contributed by atoms with Crippen molar-refractivity contribution in [3.8, 4) is 0 Å². The van der Waals surface area contributed by atoms with Gasteiger partial charge in [-0.3, -0.25) is 5.84 Å². The fourth-order valence-corrected chi connectivity index (χ4v) is 3.82. The van der Waals surface area contributed by atoms with E-state index in [0.29, 0.717) is 0 Å². The molecular formula is C18H22N5+. The molecule has 5 heteroatoms. The summed E-state index contributed by atoms with van der Waals surface area (Å²) in [4.78, 5) is 3.56. The quantitative estimate of drug-likeness (QED) is 0.315. The van der Waals surface area contributed by atoms with Crippen LogP contribution in [0.4, 0.5) is 0 Å². The Kier molecular flexibility index (Phi) is 2.75. The van der Waals surface area contributed by atoms with E-state index in [4.69, 9.17) is 11.7 Å². The van der Waals surface area contributed by atoms with Crippen LogP contribution in [0.1, 0.15) is 30.8 Å². The lowest BCUT2D eigenvalue weighted by atomic mass is 9.79. The Morgan fingerprint density at radius 1 is 1.26 bits per heavy atom. The van der Waals surface area contributed by atoms with Crippen molar-refractivity contribution in [1.29, 1.82) is 0 Å². The first-order chi connectivity index (χ1) is 10.9. The molecule has 0 atom stereocenters. The summed E-state index contributed by atoms with van der Waals surface area (Å²) in [5, 5.41) is 2.34. The van der Waals surface area contributed by atoms with Crippen LogP contribution in [0.2, 0.25) is 0 Å². The lowest BCUT2D eigenvalue weighted by Gasteiger charge is -2.27. The summed E-state index contributed by atoms with van der Waals surface area (Å²) in [6.07, 6.45) is 3.06. The molecule has 0 amide bonds. The molecule has 6 N–H and O–H groups in total. The Balaban J connectivity index is 2.22. The summed E-state index contributed by atoms with van der Waals surface area (Å²) in [6, 6.07) is 8.31. The number of nitrogen functional groups attached to an aromatic ring is 1. The summed E-state index contributed by atoms with van der Waals surface area (Å²) < 4.78 is 1.82. The third-order valence-electron chi connectivity index (χ3n) is 4.84. The van der Waals surface area contributed by atoms with Crippen LogP contribution < -0.4 is 21.8 Å². The molecule has 2 aromatic heterocycles. The molecule has 1 aliphatic carbocycles. The van der Waals surface area contributed by atoms with E-state index in [9.17, 15) is 0 Å². The molecule has 5 nitrogen and oxygen atoms in total. The number of allylic oxidation sites excluding steroid dienone is 1. The summed E-state index contributed by atoms with van der Waals surface area (Å²) in [5.41, 5.74) is 9.24. The zero-order valence-corrected chi connectivity index (χ0v) is 13.7. The average Bonchev–Trinajstić information content (AvgIpc) is 2.90. The first kappa shape index (κ1) is 14.1. The van der Waals surface area contributed by atoms with Crippen molar-refractivity contribution in [2.45, 2.75) is 27.2 Å². The van der Waals surface area contributed by atoms with E-state index < -0.39 is 0 Å². The Bertz CT molecular complexity index is 978. The van der Waals surface area contributed by atoms with Crippen LogP contribution in [0.25, 0.3) is 27.5 Å². The molecule has 0 radical (unpaired) electrons. The van der Waals surface area contributed by atoms with E-state index in [1.54, 1.807) is 0 Å². The van der Waals surface area contributed by atoms with Crippen molar-refractivity contribution in [2.75, 3.05) is 5.84 Å². The summed E-state index contributed by atoms with van der Waals surface area (Å²) in [7, 11) is 0. The number of fused-ring (bicyclic) bond motifs is 5. The number of aryl methyl sites for hydroxylation is 1. The lowest BCUT2D eigenvalue weighted by Crippen LogP contribution is -2.53. The molecule has 2 heterocycles. The van der Waals surface area contributed by atoms with Gasteiger partial charge in [0.15, 0.2) is 0 Å². The molecule has 3 aromatic rings. The van der Waals surface area contributed by atoms with Gasteiger partial charge in [0.2, 0.25) is 11.4 Å². The van der Waals surface area contributed by atoms with E-state index in [-0.39, 0.29) is 5.41 Å². The van der Waals surface area contributed by atoms with E-state index >= 15 is 0 Å². The Labute approximate surface area is 134 Å². The molecule has 0 bridgehead atoms. The normalized spacial score (nSPS) is 16.4. The number of hydrogen-bond donors (Lipinski definition) is 4. The molecule has 23 heavy (non-hydrogen) atoms. The summed E-state index contributed by atoms with van der Waals surface area (Å²) in [6.45, 7) is 6.46. The number of pyridine rings is 1. The monoisotopic (exact) mass is 308 g/mol. The summed E-state index contributed by atoms with van der Waals surface area (Å²) >= 11 is 0. The predicted molar refractivity (Wildman–Crippen MR) is 93.7 cm³/mol. The second-order valence-corrected chi connectivity index (χ2v) is 7.07. The van der Waals surface area contributed by atoms with E-state index in [1.165, 1.54) is 5.39 Å². The van der Waals surface area contributed by atoms with Gasteiger partial charge < -0.3 is 10.4 Å². The molecule has 118 valence electrons. The summed E-state index contributed by atoms with van der Waals surface area (Å²) in [5.74, 6) is 12.3. The number of nitrogens with one attached hydrogen (secondary N) is 2. The van der Waals surface area contributed by atoms with Gasteiger partial charge in [-0.25, -0.2) is 5.84 Å². The maximum absolute atomic E-state index is 6.46. The number of aromatic nitrogens is 2. The van der Waals surface area contributed by atoms with Gasteiger partial charge in [-0.05, 0) is 11.5 Å². The Morgan fingerprint density at radius 3 is 2.74 bits per heavy atom. The number of nitrogens with zero attached hydrogens (tertiary/aromatic N) is 1. The molecule has 0 saturated carbocycles. The van der Waals surface area contributed by atoms with Crippen molar-refractivity contribution in [1.82, 2.24) is 10.4 Å². The van der Waals surface area contributed by atoms with Crippen LogP contribution >= 0.6 is 0 Å². The van der Waals surface area contributed by atoms with Crippen LogP contribution in [-0.2, 0) is 6.42 Å². The fraction of sp³-hybridized carbons (Fsp3) is 0.278. The first-order valence-electron chi connectivity index (χ1n) is 7.86. The number of rotatable bonds is 1. The highest BCUT2D eigenvalue weighted by molar-refractivity contribution is 6.11. The lowest BCUT2D eigenvalue weighted by molar-refractivity contribution is -0.652. The highest BCUT2D eigenvalue weighted by Crippen LogP contribution is 2.39. The third-order valence-corrected chi connectivity index (χ3v) is 4.84. The minimum atomic E-state index is 0.00194. The number of benzene rings is 1. The van der Waals surface area contributed by atoms with Crippen LogP contribution in [0, 0.1) is 12.3 Å². The number of hydrazine groups is 1. The molecule has 4 rings (SSSR count). The van der Waals surface area contributed by atoms with E-state index in [1.807, 2.05) is 10.7 Å². The number of H-pyrrole nitrogens is 1. The van der Waals surface area contributed by atoms with Crippen molar-refractivity contribution in [3.63, 3.8) is 0 Å². The highest BCUT2D eigenvalue weighted by atomic mass is 15.3. The molecule has 0 saturated heterocycles. The zero-order chi connectivity index (χ0) is 16.4. The van der Waals surface area contributed by atoms with Gasteiger partial charge in [-0.15, -0.1) is 0 Å². The Hall–Kier alpha value is -2.53. The Morgan fingerprint density at radius 2 is 2.00 bits per heavy atom. The minimum absolute atomic E-state index is 0.00194.